The zero-order valence-corrected chi connectivity index (χ0v) is 9.48. The quantitative estimate of drug-likeness (QED) is 0.620. The van der Waals surface area contributed by atoms with Gasteiger partial charge < -0.3 is 0 Å². The summed E-state index contributed by atoms with van der Waals surface area (Å²) in [4.78, 5) is 15.0. The summed E-state index contributed by atoms with van der Waals surface area (Å²) < 4.78 is 49.6. The van der Waals surface area contributed by atoms with Crippen molar-refractivity contribution in [2.45, 2.75) is 6.18 Å². The van der Waals surface area contributed by atoms with E-state index in [1.165, 1.54) is 12.1 Å². The molecule has 0 aliphatic rings. The number of benzene rings is 1. The zero-order chi connectivity index (χ0) is 13.3. The molecular formula is C11H5F4NOS. The SMILES string of the molecule is O=C(c1ccc(F)cc1)c1csc(C(F)(F)F)n1. The minimum Gasteiger partial charge on any atom is -0.287 e. The van der Waals surface area contributed by atoms with Crippen LogP contribution in [0.5, 0.6) is 0 Å². The van der Waals surface area contributed by atoms with Gasteiger partial charge in [-0.05, 0) is 24.3 Å². The summed E-state index contributed by atoms with van der Waals surface area (Å²) in [6.07, 6.45) is -4.56. The first-order chi connectivity index (χ1) is 8.38. The molecule has 0 unspecified atom stereocenters. The Kier molecular flexibility index (Phi) is 3.16. The van der Waals surface area contributed by atoms with Crippen LogP contribution in [-0.2, 0) is 6.18 Å². The minimum absolute atomic E-state index is 0.0930. The Morgan fingerprint density at radius 1 is 1.17 bits per heavy atom. The lowest BCUT2D eigenvalue weighted by molar-refractivity contribution is -0.137. The molecule has 2 rings (SSSR count). The van der Waals surface area contributed by atoms with Gasteiger partial charge in [-0.3, -0.25) is 4.79 Å². The first-order valence-corrected chi connectivity index (χ1v) is 5.59. The second-order valence-corrected chi connectivity index (χ2v) is 4.23. The van der Waals surface area contributed by atoms with E-state index in [9.17, 15) is 22.4 Å². The number of carbonyl (C=O) groups is 1. The summed E-state index contributed by atoms with van der Waals surface area (Å²) in [6, 6.07) is 4.52. The summed E-state index contributed by atoms with van der Waals surface area (Å²) in [5.74, 6) is -1.19. The summed E-state index contributed by atoms with van der Waals surface area (Å²) in [5.41, 5.74) is -0.200. The standard InChI is InChI=1S/C11H5F4NOS/c12-7-3-1-6(2-4-7)9(17)8-5-18-10(16-8)11(13,14)15/h1-5H. The van der Waals surface area contributed by atoms with E-state index in [1.54, 1.807) is 0 Å². The molecule has 0 bridgehead atoms. The molecule has 18 heavy (non-hydrogen) atoms. The van der Waals surface area contributed by atoms with Gasteiger partial charge in [-0.2, -0.15) is 13.2 Å². The van der Waals surface area contributed by atoms with Gasteiger partial charge >= 0.3 is 6.18 Å². The summed E-state index contributed by atoms with van der Waals surface area (Å²) in [7, 11) is 0. The Morgan fingerprint density at radius 2 is 1.78 bits per heavy atom. The van der Waals surface area contributed by atoms with Crippen molar-refractivity contribution in [2.24, 2.45) is 0 Å². The van der Waals surface area contributed by atoms with Gasteiger partial charge in [0.1, 0.15) is 11.5 Å². The molecular weight excluding hydrogens is 270 g/mol. The minimum atomic E-state index is -4.56. The lowest BCUT2D eigenvalue weighted by atomic mass is 10.1. The number of thiazole rings is 1. The van der Waals surface area contributed by atoms with E-state index >= 15 is 0 Å². The fourth-order valence-electron chi connectivity index (χ4n) is 1.26. The molecule has 1 aromatic carbocycles. The van der Waals surface area contributed by atoms with Crippen molar-refractivity contribution >= 4 is 17.1 Å². The van der Waals surface area contributed by atoms with Crippen LogP contribution in [0.1, 0.15) is 21.1 Å². The van der Waals surface area contributed by atoms with Gasteiger partial charge in [-0.1, -0.05) is 0 Å². The molecule has 0 amide bonds. The van der Waals surface area contributed by atoms with Gasteiger partial charge in [0.2, 0.25) is 5.78 Å². The number of rotatable bonds is 2. The van der Waals surface area contributed by atoms with Crippen LogP contribution in [0.25, 0.3) is 0 Å². The Hall–Kier alpha value is -1.76. The molecule has 0 atom stereocenters. The molecule has 0 spiro atoms. The van der Waals surface area contributed by atoms with E-state index in [0.717, 1.165) is 17.5 Å². The van der Waals surface area contributed by atoms with Crippen LogP contribution in [0.15, 0.2) is 29.6 Å². The topological polar surface area (TPSA) is 30.0 Å². The van der Waals surface area contributed by atoms with Crippen LogP contribution in [-0.4, -0.2) is 10.8 Å². The third-order valence-electron chi connectivity index (χ3n) is 2.09. The van der Waals surface area contributed by atoms with E-state index in [1.807, 2.05) is 0 Å². The van der Waals surface area contributed by atoms with Crippen molar-refractivity contribution in [1.82, 2.24) is 4.98 Å². The van der Waals surface area contributed by atoms with E-state index in [0.29, 0.717) is 11.3 Å². The molecule has 7 heteroatoms. The molecule has 1 heterocycles. The molecule has 0 fully saturated rings. The van der Waals surface area contributed by atoms with Gasteiger partial charge in [0.25, 0.3) is 0 Å². The van der Waals surface area contributed by atoms with Crippen molar-refractivity contribution < 1.29 is 22.4 Å². The molecule has 1 aromatic heterocycles. The number of hydrogen-bond acceptors (Lipinski definition) is 3. The van der Waals surface area contributed by atoms with Gasteiger partial charge in [-0.15, -0.1) is 11.3 Å². The molecule has 0 N–H and O–H groups in total. The van der Waals surface area contributed by atoms with Gasteiger partial charge in [-0.25, -0.2) is 9.37 Å². The first-order valence-electron chi connectivity index (χ1n) is 4.71. The Morgan fingerprint density at radius 3 is 2.28 bits per heavy atom. The smallest absolute Gasteiger partial charge is 0.287 e. The van der Waals surface area contributed by atoms with Crippen molar-refractivity contribution in [3.63, 3.8) is 0 Å². The normalized spacial score (nSPS) is 11.6. The van der Waals surface area contributed by atoms with E-state index < -0.39 is 22.8 Å². The first kappa shape index (κ1) is 12.7. The Labute approximate surface area is 103 Å². The Balaban J connectivity index is 2.29. The lowest BCUT2D eigenvalue weighted by Crippen LogP contribution is -2.07. The molecule has 0 aliphatic carbocycles. The number of aromatic nitrogens is 1. The van der Waals surface area contributed by atoms with Crippen molar-refractivity contribution in [1.29, 1.82) is 0 Å². The van der Waals surface area contributed by atoms with Crippen LogP contribution >= 0.6 is 11.3 Å². The number of carbonyl (C=O) groups excluding carboxylic acids is 1. The van der Waals surface area contributed by atoms with Crippen LogP contribution in [0, 0.1) is 5.82 Å². The zero-order valence-electron chi connectivity index (χ0n) is 8.66. The maximum absolute atomic E-state index is 12.6. The number of halogens is 4. The highest BCUT2D eigenvalue weighted by molar-refractivity contribution is 7.10. The van der Waals surface area contributed by atoms with E-state index in [2.05, 4.69) is 4.98 Å². The van der Waals surface area contributed by atoms with E-state index in [4.69, 9.17) is 0 Å². The fourth-order valence-corrected chi connectivity index (χ4v) is 1.93. The Bertz CT molecular complexity index is 573. The number of hydrogen-bond donors (Lipinski definition) is 0. The van der Waals surface area contributed by atoms with Gasteiger partial charge in [0.15, 0.2) is 5.01 Å². The second-order valence-electron chi connectivity index (χ2n) is 3.37. The molecule has 0 aliphatic heterocycles. The lowest BCUT2D eigenvalue weighted by Gasteiger charge is -2.00. The van der Waals surface area contributed by atoms with Gasteiger partial charge in [0, 0.05) is 10.9 Å². The largest absolute Gasteiger partial charge is 0.443 e. The fraction of sp³-hybridized carbons (Fsp3) is 0.0909. The highest BCUT2D eigenvalue weighted by Crippen LogP contribution is 2.32. The molecule has 2 nitrogen and oxygen atoms in total. The third kappa shape index (κ3) is 2.56. The summed E-state index contributed by atoms with van der Waals surface area (Å²) in [5, 5.41) is -0.0397. The van der Waals surface area contributed by atoms with Crippen molar-refractivity contribution in [3.05, 3.63) is 51.7 Å². The summed E-state index contributed by atoms with van der Waals surface area (Å²) in [6.45, 7) is 0. The van der Waals surface area contributed by atoms with E-state index in [-0.39, 0.29) is 11.3 Å². The number of alkyl halides is 3. The van der Waals surface area contributed by atoms with Crippen molar-refractivity contribution in [3.8, 4) is 0 Å². The third-order valence-corrected chi connectivity index (χ3v) is 2.97. The second kappa shape index (κ2) is 4.49. The van der Waals surface area contributed by atoms with Gasteiger partial charge in [0.05, 0.1) is 0 Å². The maximum Gasteiger partial charge on any atom is 0.443 e. The average molecular weight is 275 g/mol. The van der Waals surface area contributed by atoms with Crippen LogP contribution in [0.4, 0.5) is 17.6 Å². The van der Waals surface area contributed by atoms with Crippen molar-refractivity contribution in [2.75, 3.05) is 0 Å². The monoisotopic (exact) mass is 275 g/mol. The highest BCUT2D eigenvalue weighted by Gasteiger charge is 2.35. The van der Waals surface area contributed by atoms with Crippen LogP contribution < -0.4 is 0 Å². The summed E-state index contributed by atoms with van der Waals surface area (Å²) >= 11 is 0.352. The molecule has 2 aromatic rings. The number of ketones is 1. The molecule has 0 saturated heterocycles. The average Bonchev–Trinajstić information content (AvgIpc) is 2.78. The molecule has 0 saturated carbocycles. The molecule has 0 radical (unpaired) electrons. The highest BCUT2D eigenvalue weighted by atomic mass is 32.1. The number of nitrogens with zero attached hydrogens (tertiary/aromatic N) is 1. The maximum atomic E-state index is 12.6. The molecule has 94 valence electrons. The van der Waals surface area contributed by atoms with Crippen LogP contribution in [0.2, 0.25) is 0 Å². The predicted octanol–water partition coefficient (Wildman–Crippen LogP) is 3.53. The predicted molar refractivity (Wildman–Crippen MR) is 56.9 cm³/mol. The van der Waals surface area contributed by atoms with Crippen LogP contribution in [0.3, 0.4) is 0 Å².